The Morgan fingerprint density at radius 1 is 1.47 bits per heavy atom. The zero-order valence-corrected chi connectivity index (χ0v) is 11.0. The molecule has 17 heavy (non-hydrogen) atoms. The lowest BCUT2D eigenvalue weighted by molar-refractivity contribution is 0.577. The zero-order valence-electron chi connectivity index (χ0n) is 10.1. The molecule has 0 fully saturated rings. The van der Waals surface area contributed by atoms with Crippen LogP contribution in [0.2, 0.25) is 0 Å². The van der Waals surface area contributed by atoms with E-state index in [0.29, 0.717) is 12.2 Å². The fourth-order valence-electron chi connectivity index (χ4n) is 1.28. The Morgan fingerprint density at radius 3 is 2.65 bits per heavy atom. The molecule has 0 aliphatic heterocycles. The van der Waals surface area contributed by atoms with Crippen molar-refractivity contribution in [1.82, 2.24) is 15.3 Å². The summed E-state index contributed by atoms with van der Waals surface area (Å²) in [4.78, 5) is 17.8. The Morgan fingerprint density at radius 2 is 2.12 bits per heavy atom. The third-order valence-electron chi connectivity index (χ3n) is 1.93. The van der Waals surface area contributed by atoms with Gasteiger partial charge in [0.2, 0.25) is 0 Å². The molecule has 0 radical (unpaired) electrons. The second-order valence-corrected chi connectivity index (χ2v) is 6.43. The smallest absolute Gasteiger partial charge is 0.251 e. The van der Waals surface area contributed by atoms with Crippen molar-refractivity contribution < 1.29 is 8.42 Å². The number of hydrogen-bond acceptors (Lipinski definition) is 5. The van der Waals surface area contributed by atoms with Gasteiger partial charge in [0.1, 0.15) is 11.6 Å². The summed E-state index contributed by atoms with van der Waals surface area (Å²) < 4.78 is 22.2. The molecule has 0 saturated heterocycles. The summed E-state index contributed by atoms with van der Waals surface area (Å²) in [6.45, 7) is 4.40. The average molecular weight is 259 g/mol. The molecule has 0 aliphatic carbocycles. The number of aromatic nitrogens is 2. The van der Waals surface area contributed by atoms with E-state index in [2.05, 4.69) is 15.3 Å². The highest BCUT2D eigenvalue weighted by Crippen LogP contribution is 1.98. The molecule has 0 bridgehead atoms. The van der Waals surface area contributed by atoms with E-state index in [-0.39, 0.29) is 23.2 Å². The largest absolute Gasteiger partial charge is 0.310 e. The lowest BCUT2D eigenvalue weighted by Gasteiger charge is -2.08. The number of aromatic amines is 1. The number of rotatable bonds is 5. The minimum atomic E-state index is -3.20. The molecule has 0 amide bonds. The Hall–Kier alpha value is -1.21. The number of hydrogen-bond donors (Lipinski definition) is 2. The van der Waals surface area contributed by atoms with Gasteiger partial charge >= 0.3 is 0 Å². The van der Waals surface area contributed by atoms with Crippen LogP contribution in [0.4, 0.5) is 0 Å². The van der Waals surface area contributed by atoms with Crippen LogP contribution in [0.1, 0.15) is 25.4 Å². The number of nitrogens with zero attached hydrogens (tertiary/aromatic N) is 1. The van der Waals surface area contributed by atoms with Gasteiger partial charge in [0.25, 0.3) is 5.56 Å². The highest BCUT2D eigenvalue weighted by atomic mass is 32.2. The van der Waals surface area contributed by atoms with Crippen LogP contribution in [0.15, 0.2) is 10.9 Å². The van der Waals surface area contributed by atoms with Gasteiger partial charge < -0.3 is 10.3 Å². The molecule has 1 aromatic heterocycles. The maximum absolute atomic E-state index is 11.3. The summed E-state index contributed by atoms with van der Waals surface area (Å²) >= 11 is 0. The van der Waals surface area contributed by atoms with Gasteiger partial charge in [0.05, 0.1) is 5.69 Å². The quantitative estimate of drug-likeness (QED) is 0.765. The van der Waals surface area contributed by atoms with Gasteiger partial charge in [-0.25, -0.2) is 13.4 Å². The molecule has 1 aromatic rings. The predicted octanol–water partition coefficient (Wildman–Crippen LogP) is -0.188. The Kier molecular flexibility index (Phi) is 4.41. The van der Waals surface area contributed by atoms with E-state index in [0.717, 1.165) is 6.26 Å². The second kappa shape index (κ2) is 5.42. The van der Waals surface area contributed by atoms with E-state index in [4.69, 9.17) is 0 Å². The molecule has 2 N–H and O–H groups in total. The summed E-state index contributed by atoms with van der Waals surface area (Å²) in [5, 5.41) is 3.11. The molecule has 6 nitrogen and oxygen atoms in total. The lowest BCUT2D eigenvalue weighted by Crippen LogP contribution is -2.24. The van der Waals surface area contributed by atoms with Crippen LogP contribution in [0.3, 0.4) is 0 Å². The molecule has 0 aromatic carbocycles. The molecular formula is C10H17N3O3S. The van der Waals surface area contributed by atoms with Crippen molar-refractivity contribution in [2.24, 2.45) is 0 Å². The van der Waals surface area contributed by atoms with E-state index in [1.54, 1.807) is 0 Å². The van der Waals surface area contributed by atoms with Crippen LogP contribution >= 0.6 is 0 Å². The molecule has 0 atom stereocenters. The molecule has 96 valence electrons. The van der Waals surface area contributed by atoms with Crippen molar-refractivity contribution in [2.75, 3.05) is 6.26 Å². The summed E-state index contributed by atoms with van der Waals surface area (Å²) in [6.07, 6.45) is 1.10. The van der Waals surface area contributed by atoms with E-state index in [1.807, 2.05) is 13.8 Å². The van der Waals surface area contributed by atoms with Crippen LogP contribution in [0.25, 0.3) is 0 Å². The van der Waals surface area contributed by atoms with E-state index >= 15 is 0 Å². The van der Waals surface area contributed by atoms with Crippen molar-refractivity contribution >= 4 is 9.84 Å². The zero-order chi connectivity index (χ0) is 13.1. The summed E-state index contributed by atoms with van der Waals surface area (Å²) in [5.74, 6) is -0.0712. The van der Waals surface area contributed by atoms with Crippen molar-refractivity contribution in [3.05, 3.63) is 27.9 Å². The van der Waals surface area contributed by atoms with Gasteiger partial charge in [-0.1, -0.05) is 13.8 Å². The first-order chi connectivity index (χ1) is 7.76. The standard InChI is InChI=1S/C10H17N3O3S/c1-7(2)11-5-8-4-10(14)13-9(12-8)6-17(3,15)16/h4,7,11H,5-6H2,1-3H3,(H,12,13,14). The predicted molar refractivity (Wildman–Crippen MR) is 65.4 cm³/mol. The topological polar surface area (TPSA) is 91.9 Å². The van der Waals surface area contributed by atoms with Crippen molar-refractivity contribution in [1.29, 1.82) is 0 Å². The molecule has 1 heterocycles. The Bertz CT molecular complexity index is 534. The minimum absolute atomic E-state index is 0.181. The van der Waals surface area contributed by atoms with Gasteiger partial charge in [-0.15, -0.1) is 0 Å². The molecule has 0 aliphatic rings. The highest BCUT2D eigenvalue weighted by Gasteiger charge is 2.08. The van der Waals surface area contributed by atoms with Crippen molar-refractivity contribution in [2.45, 2.75) is 32.2 Å². The summed E-state index contributed by atoms with van der Waals surface area (Å²) in [6, 6.07) is 1.63. The number of nitrogens with one attached hydrogen (secondary N) is 2. The van der Waals surface area contributed by atoms with Gasteiger partial charge in [-0.05, 0) is 0 Å². The summed E-state index contributed by atoms with van der Waals surface area (Å²) in [7, 11) is -3.20. The SMILES string of the molecule is CC(C)NCc1cc(=O)[nH]c(CS(C)(=O)=O)n1. The van der Waals surface area contributed by atoms with E-state index < -0.39 is 9.84 Å². The fourth-order valence-corrected chi connectivity index (χ4v) is 1.91. The maximum Gasteiger partial charge on any atom is 0.251 e. The second-order valence-electron chi connectivity index (χ2n) is 4.29. The van der Waals surface area contributed by atoms with Crippen molar-refractivity contribution in [3.8, 4) is 0 Å². The highest BCUT2D eigenvalue weighted by molar-refractivity contribution is 7.89. The fraction of sp³-hybridized carbons (Fsp3) is 0.600. The van der Waals surface area contributed by atoms with Crippen LogP contribution in [0, 0.1) is 0 Å². The van der Waals surface area contributed by atoms with Crippen LogP contribution in [-0.4, -0.2) is 30.7 Å². The Labute approximate surface area is 100 Å². The first-order valence-electron chi connectivity index (χ1n) is 5.26. The monoisotopic (exact) mass is 259 g/mol. The molecule has 1 rings (SSSR count). The average Bonchev–Trinajstić information content (AvgIpc) is 2.10. The molecule has 0 unspecified atom stereocenters. The maximum atomic E-state index is 11.3. The molecule has 7 heteroatoms. The van der Waals surface area contributed by atoms with Crippen molar-refractivity contribution in [3.63, 3.8) is 0 Å². The first-order valence-corrected chi connectivity index (χ1v) is 7.32. The first kappa shape index (κ1) is 13.9. The molecule has 0 saturated carbocycles. The van der Waals surface area contributed by atoms with Crippen LogP contribution in [0.5, 0.6) is 0 Å². The van der Waals surface area contributed by atoms with E-state index in [1.165, 1.54) is 6.07 Å². The van der Waals surface area contributed by atoms with Crippen LogP contribution in [-0.2, 0) is 22.1 Å². The third-order valence-corrected chi connectivity index (χ3v) is 2.73. The molecular weight excluding hydrogens is 242 g/mol. The molecule has 0 spiro atoms. The normalized spacial score (nSPS) is 12.0. The van der Waals surface area contributed by atoms with E-state index in [9.17, 15) is 13.2 Å². The lowest BCUT2D eigenvalue weighted by atomic mass is 10.3. The van der Waals surface area contributed by atoms with Crippen LogP contribution < -0.4 is 10.9 Å². The summed E-state index contributed by atoms with van der Waals surface area (Å²) in [5.41, 5.74) is 0.209. The minimum Gasteiger partial charge on any atom is -0.310 e. The number of sulfone groups is 1. The Balaban J connectivity index is 2.91. The van der Waals surface area contributed by atoms with Gasteiger partial charge in [-0.3, -0.25) is 4.79 Å². The van der Waals surface area contributed by atoms with Gasteiger partial charge in [0.15, 0.2) is 9.84 Å². The number of H-pyrrole nitrogens is 1. The third kappa shape index (κ3) is 5.60. The van der Waals surface area contributed by atoms with Gasteiger partial charge in [0, 0.05) is 24.9 Å². The van der Waals surface area contributed by atoms with Gasteiger partial charge in [-0.2, -0.15) is 0 Å².